The fourth-order valence-corrected chi connectivity index (χ4v) is 1.62. The number of hydrogen-bond acceptors (Lipinski definition) is 5. The van der Waals surface area contributed by atoms with Gasteiger partial charge in [-0.2, -0.15) is 0 Å². The highest BCUT2D eigenvalue weighted by molar-refractivity contribution is 6.31. The summed E-state index contributed by atoms with van der Waals surface area (Å²) >= 11 is 5.91. The molecule has 0 aromatic carbocycles. The van der Waals surface area contributed by atoms with Crippen molar-refractivity contribution in [1.82, 2.24) is 9.88 Å². The maximum atomic E-state index is 11.5. The SMILES string of the molecule is Nc1ccc(Cl)c(CN2C(=O)COCC2=O)n1. The van der Waals surface area contributed by atoms with E-state index in [1.54, 1.807) is 12.1 Å². The predicted octanol–water partition coefficient (Wildman–Crippen LogP) is 0.203. The fraction of sp³-hybridized carbons (Fsp3) is 0.300. The van der Waals surface area contributed by atoms with Crippen molar-refractivity contribution in [3.8, 4) is 0 Å². The van der Waals surface area contributed by atoms with E-state index in [2.05, 4.69) is 4.98 Å². The van der Waals surface area contributed by atoms with Crippen LogP contribution in [-0.2, 0) is 20.9 Å². The first-order valence-corrected chi connectivity index (χ1v) is 5.27. The molecule has 6 nitrogen and oxygen atoms in total. The maximum absolute atomic E-state index is 11.5. The third-order valence-corrected chi connectivity index (χ3v) is 2.65. The first kappa shape index (κ1) is 11.8. The molecule has 2 heterocycles. The van der Waals surface area contributed by atoms with Gasteiger partial charge in [0.05, 0.1) is 17.3 Å². The van der Waals surface area contributed by atoms with Gasteiger partial charge in [0.15, 0.2) is 0 Å². The molecule has 1 aliphatic heterocycles. The minimum Gasteiger partial charge on any atom is -0.384 e. The molecule has 1 aromatic rings. The van der Waals surface area contributed by atoms with Crippen molar-refractivity contribution in [3.63, 3.8) is 0 Å². The molecule has 90 valence electrons. The van der Waals surface area contributed by atoms with Crippen molar-refractivity contribution in [3.05, 3.63) is 22.8 Å². The van der Waals surface area contributed by atoms with Gasteiger partial charge in [-0.3, -0.25) is 14.5 Å². The number of ether oxygens (including phenoxy) is 1. The first-order valence-electron chi connectivity index (χ1n) is 4.90. The van der Waals surface area contributed by atoms with Gasteiger partial charge in [0.25, 0.3) is 11.8 Å². The number of anilines is 1. The molecule has 0 spiro atoms. The van der Waals surface area contributed by atoms with Crippen molar-refractivity contribution in [2.75, 3.05) is 18.9 Å². The number of amides is 2. The molecular weight excluding hydrogens is 246 g/mol. The lowest BCUT2D eigenvalue weighted by Gasteiger charge is -2.24. The molecule has 0 aliphatic carbocycles. The van der Waals surface area contributed by atoms with Gasteiger partial charge in [-0.05, 0) is 12.1 Å². The van der Waals surface area contributed by atoms with Crippen LogP contribution in [0.3, 0.4) is 0 Å². The van der Waals surface area contributed by atoms with Gasteiger partial charge in [-0.1, -0.05) is 11.6 Å². The summed E-state index contributed by atoms with van der Waals surface area (Å²) in [6.45, 7) is -0.192. The van der Waals surface area contributed by atoms with Gasteiger partial charge >= 0.3 is 0 Å². The van der Waals surface area contributed by atoms with E-state index < -0.39 is 11.8 Å². The van der Waals surface area contributed by atoms with Crippen molar-refractivity contribution in [1.29, 1.82) is 0 Å². The van der Waals surface area contributed by atoms with Crippen molar-refractivity contribution < 1.29 is 14.3 Å². The first-order chi connectivity index (χ1) is 8.08. The third kappa shape index (κ3) is 2.54. The van der Waals surface area contributed by atoms with Crippen molar-refractivity contribution in [2.24, 2.45) is 0 Å². The second kappa shape index (κ2) is 4.68. The molecule has 7 heteroatoms. The maximum Gasteiger partial charge on any atom is 0.255 e. The normalized spacial score (nSPS) is 16.4. The molecule has 17 heavy (non-hydrogen) atoms. The molecule has 1 saturated heterocycles. The average molecular weight is 256 g/mol. The van der Waals surface area contributed by atoms with Crippen molar-refractivity contribution in [2.45, 2.75) is 6.54 Å². The summed E-state index contributed by atoms with van der Waals surface area (Å²) in [5.74, 6) is -0.513. The Morgan fingerprint density at radius 2 is 2.00 bits per heavy atom. The van der Waals surface area contributed by atoms with Crippen LogP contribution in [0.1, 0.15) is 5.69 Å². The predicted molar refractivity (Wildman–Crippen MR) is 60.0 cm³/mol. The van der Waals surface area contributed by atoms with Gasteiger partial charge in [0, 0.05) is 0 Å². The Morgan fingerprint density at radius 1 is 1.35 bits per heavy atom. The van der Waals surface area contributed by atoms with Gasteiger partial charge in [0.2, 0.25) is 0 Å². The summed E-state index contributed by atoms with van der Waals surface area (Å²) in [7, 11) is 0. The largest absolute Gasteiger partial charge is 0.384 e. The lowest BCUT2D eigenvalue weighted by molar-refractivity contribution is -0.159. The number of carbonyl (C=O) groups excluding carboxylic acids is 2. The highest BCUT2D eigenvalue weighted by atomic mass is 35.5. The van der Waals surface area contributed by atoms with Crippen LogP contribution in [0, 0.1) is 0 Å². The lowest BCUT2D eigenvalue weighted by Crippen LogP contribution is -2.45. The number of nitrogen functional groups attached to an aromatic ring is 1. The quantitative estimate of drug-likeness (QED) is 0.763. The second-order valence-electron chi connectivity index (χ2n) is 3.53. The summed E-state index contributed by atoms with van der Waals surface area (Å²) in [5, 5.41) is 0.367. The average Bonchev–Trinajstić information content (AvgIpc) is 2.28. The van der Waals surface area contributed by atoms with Gasteiger partial charge in [0.1, 0.15) is 19.0 Å². The van der Waals surface area contributed by atoms with E-state index in [-0.39, 0.29) is 25.6 Å². The molecule has 2 amide bonds. The number of aromatic nitrogens is 1. The smallest absolute Gasteiger partial charge is 0.255 e. The van der Waals surface area contributed by atoms with Gasteiger partial charge < -0.3 is 10.5 Å². The molecule has 0 atom stereocenters. The number of rotatable bonds is 2. The lowest BCUT2D eigenvalue weighted by atomic mass is 10.3. The number of nitrogens with two attached hydrogens (primary N) is 1. The van der Waals surface area contributed by atoms with Crippen LogP contribution in [0.25, 0.3) is 0 Å². The number of imide groups is 1. The number of hydrogen-bond donors (Lipinski definition) is 1. The molecule has 0 bridgehead atoms. The van der Waals surface area contributed by atoms with E-state index in [1.807, 2.05) is 0 Å². The molecule has 1 aliphatic rings. The summed E-state index contributed by atoms with van der Waals surface area (Å²) in [6.07, 6.45) is 0. The number of halogens is 1. The number of morpholine rings is 1. The fourth-order valence-electron chi connectivity index (χ4n) is 1.46. The van der Waals surface area contributed by atoms with Crippen LogP contribution in [-0.4, -0.2) is 34.9 Å². The molecule has 0 radical (unpaired) electrons. The minimum absolute atomic E-state index is 0.0188. The highest BCUT2D eigenvalue weighted by Crippen LogP contribution is 2.18. The Kier molecular flexibility index (Phi) is 3.26. The van der Waals surface area contributed by atoms with E-state index in [1.165, 1.54) is 0 Å². The Labute approximate surface area is 102 Å². The molecule has 2 N–H and O–H groups in total. The van der Waals surface area contributed by atoms with E-state index in [0.29, 0.717) is 10.7 Å². The van der Waals surface area contributed by atoms with Crippen LogP contribution >= 0.6 is 11.6 Å². The zero-order valence-electron chi connectivity index (χ0n) is 8.85. The molecule has 0 unspecified atom stereocenters. The van der Waals surface area contributed by atoms with Crippen molar-refractivity contribution >= 4 is 29.2 Å². The van der Waals surface area contributed by atoms with E-state index >= 15 is 0 Å². The molecular formula is C10H10ClN3O3. The zero-order valence-corrected chi connectivity index (χ0v) is 9.61. The third-order valence-electron chi connectivity index (χ3n) is 2.30. The number of pyridine rings is 1. The highest BCUT2D eigenvalue weighted by Gasteiger charge is 2.27. The van der Waals surface area contributed by atoms with Gasteiger partial charge in [-0.25, -0.2) is 4.98 Å². The molecule has 1 aromatic heterocycles. The van der Waals surface area contributed by atoms with Crippen LogP contribution in [0.2, 0.25) is 5.02 Å². The number of nitrogens with zero attached hydrogens (tertiary/aromatic N) is 2. The Balaban J connectivity index is 2.21. The monoisotopic (exact) mass is 255 g/mol. The summed E-state index contributed by atoms with van der Waals surface area (Å²) in [6, 6.07) is 3.13. The standard InChI is InChI=1S/C10H10ClN3O3/c11-6-1-2-8(12)13-7(6)3-14-9(15)4-17-5-10(14)16/h1-2H,3-5H2,(H2,12,13). The topological polar surface area (TPSA) is 85.5 Å². The Morgan fingerprint density at radius 3 is 2.65 bits per heavy atom. The van der Waals surface area contributed by atoms with Crippen LogP contribution < -0.4 is 5.73 Å². The molecule has 0 saturated carbocycles. The van der Waals surface area contributed by atoms with Crippen LogP contribution in [0.15, 0.2) is 12.1 Å². The van der Waals surface area contributed by atoms with Gasteiger partial charge in [-0.15, -0.1) is 0 Å². The van der Waals surface area contributed by atoms with Crippen LogP contribution in [0.4, 0.5) is 5.82 Å². The van der Waals surface area contributed by atoms with E-state index in [9.17, 15) is 9.59 Å². The summed E-state index contributed by atoms with van der Waals surface area (Å²) < 4.78 is 4.80. The van der Waals surface area contributed by atoms with E-state index in [4.69, 9.17) is 22.1 Å². The molecule has 1 fully saturated rings. The zero-order chi connectivity index (χ0) is 12.4. The molecule has 2 rings (SSSR count). The second-order valence-corrected chi connectivity index (χ2v) is 3.94. The van der Waals surface area contributed by atoms with E-state index in [0.717, 1.165) is 4.90 Å². The summed E-state index contributed by atoms with van der Waals surface area (Å²) in [5.41, 5.74) is 5.92. The Hall–Kier alpha value is -1.66. The summed E-state index contributed by atoms with van der Waals surface area (Å²) in [4.78, 5) is 28.0. The Bertz CT molecular complexity index is 462. The minimum atomic E-state index is -0.401. The number of carbonyl (C=O) groups is 2. The van der Waals surface area contributed by atoms with Crippen LogP contribution in [0.5, 0.6) is 0 Å².